The number of H-pyrrole nitrogens is 1. The van der Waals surface area contributed by atoms with E-state index in [1.165, 1.54) is 5.39 Å². The predicted molar refractivity (Wildman–Crippen MR) is 92.6 cm³/mol. The summed E-state index contributed by atoms with van der Waals surface area (Å²) in [6.45, 7) is 7.72. The van der Waals surface area contributed by atoms with Gasteiger partial charge in [0.05, 0.1) is 5.69 Å². The molecule has 5 nitrogen and oxygen atoms in total. The number of anilines is 1. The molecule has 0 aliphatic heterocycles. The molecule has 2 N–H and O–H groups in total. The Morgan fingerprint density at radius 3 is 2.81 bits per heavy atom. The molecule has 3 rings (SSSR count). The van der Waals surface area contributed by atoms with Crippen LogP contribution in [0.5, 0.6) is 0 Å². The third-order valence-electron chi connectivity index (χ3n) is 3.25. The summed E-state index contributed by atoms with van der Waals surface area (Å²) in [7, 11) is 3.79. The monoisotopic (exact) mass is 287 g/mol. The number of aryl methyl sites for hydroxylation is 3. The standard InChI is InChI=1S/C9H12N2.C7H9N3.2H2/c1-4-8-5-7(2)6-11-9(8)10-3;1-5-6-3-4-8-7(6)10(2)9-5;;/h4-6H,1H2,2-3H3,(H,10,11);3-4,8H,1-2H3;2*1H. The highest BCUT2D eigenvalue weighted by atomic mass is 15.3. The number of aromatic amines is 1. The van der Waals surface area contributed by atoms with E-state index < -0.39 is 0 Å². The Bertz CT molecular complexity index is 730. The van der Waals surface area contributed by atoms with Gasteiger partial charge in [-0.05, 0) is 31.5 Å². The average Bonchev–Trinajstić information content (AvgIpc) is 3.05. The Morgan fingerprint density at radius 1 is 1.43 bits per heavy atom. The van der Waals surface area contributed by atoms with Gasteiger partial charge in [0.1, 0.15) is 11.5 Å². The van der Waals surface area contributed by atoms with E-state index in [-0.39, 0.29) is 2.85 Å². The summed E-state index contributed by atoms with van der Waals surface area (Å²) in [5.74, 6) is 0.880. The zero-order chi connectivity index (χ0) is 15.4. The van der Waals surface area contributed by atoms with Gasteiger partial charge in [0.25, 0.3) is 0 Å². The van der Waals surface area contributed by atoms with Crippen molar-refractivity contribution in [2.45, 2.75) is 13.8 Å². The molecule has 0 aliphatic rings. The molecule has 0 aromatic carbocycles. The second-order valence-corrected chi connectivity index (χ2v) is 4.85. The number of nitrogens with one attached hydrogen (secondary N) is 2. The molecule has 0 radical (unpaired) electrons. The van der Waals surface area contributed by atoms with Crippen LogP contribution in [0.3, 0.4) is 0 Å². The van der Waals surface area contributed by atoms with Gasteiger partial charge < -0.3 is 10.3 Å². The van der Waals surface area contributed by atoms with Gasteiger partial charge in [0.2, 0.25) is 0 Å². The Labute approximate surface area is 127 Å². The predicted octanol–water partition coefficient (Wildman–Crippen LogP) is 3.78. The molecule has 5 heteroatoms. The van der Waals surface area contributed by atoms with Crippen LogP contribution in [0.2, 0.25) is 0 Å². The minimum absolute atomic E-state index is 0. The van der Waals surface area contributed by atoms with Crippen LogP contribution in [-0.2, 0) is 7.05 Å². The topological polar surface area (TPSA) is 58.5 Å². The maximum Gasteiger partial charge on any atom is 0.135 e. The molecule has 0 aliphatic carbocycles. The smallest absolute Gasteiger partial charge is 0.135 e. The molecule has 3 aromatic heterocycles. The molecular formula is C16H25N5. The highest BCUT2D eigenvalue weighted by Gasteiger charge is 2.02. The van der Waals surface area contributed by atoms with Crippen molar-refractivity contribution in [3.05, 3.63) is 47.9 Å². The van der Waals surface area contributed by atoms with Gasteiger partial charge in [0, 0.05) is 40.3 Å². The lowest BCUT2D eigenvalue weighted by atomic mass is 10.2. The molecule has 0 spiro atoms. The summed E-state index contributed by atoms with van der Waals surface area (Å²) in [5, 5.41) is 8.44. The number of rotatable bonds is 2. The number of pyridine rings is 1. The van der Waals surface area contributed by atoms with E-state index in [0.717, 1.165) is 28.3 Å². The summed E-state index contributed by atoms with van der Waals surface area (Å²) in [4.78, 5) is 7.29. The molecule has 3 aromatic rings. The Balaban J connectivity index is 0.000000388. The van der Waals surface area contributed by atoms with Crippen molar-refractivity contribution < 1.29 is 2.85 Å². The third-order valence-corrected chi connectivity index (χ3v) is 3.25. The molecule has 0 saturated heterocycles. The summed E-state index contributed by atoms with van der Waals surface area (Å²) in [6.07, 6.45) is 5.56. The maximum atomic E-state index is 4.24. The molecule has 0 atom stereocenters. The molecule has 0 saturated carbocycles. The molecule has 0 unspecified atom stereocenters. The summed E-state index contributed by atoms with van der Waals surface area (Å²) in [5.41, 5.74) is 4.38. The van der Waals surface area contributed by atoms with Crippen LogP contribution in [0, 0.1) is 13.8 Å². The molecule has 0 amide bonds. The number of hydrogen-bond acceptors (Lipinski definition) is 3. The van der Waals surface area contributed by atoms with E-state index in [1.807, 2.05) is 57.2 Å². The van der Waals surface area contributed by atoms with Crippen molar-refractivity contribution >= 4 is 22.9 Å². The zero-order valence-electron chi connectivity index (χ0n) is 12.9. The first kappa shape index (κ1) is 14.8. The van der Waals surface area contributed by atoms with Gasteiger partial charge >= 0.3 is 0 Å². The average molecular weight is 287 g/mol. The van der Waals surface area contributed by atoms with E-state index in [0.29, 0.717) is 0 Å². The van der Waals surface area contributed by atoms with Crippen LogP contribution >= 0.6 is 0 Å². The van der Waals surface area contributed by atoms with Crippen LogP contribution in [0.25, 0.3) is 17.1 Å². The lowest BCUT2D eigenvalue weighted by Crippen LogP contribution is -1.95. The largest absolute Gasteiger partial charge is 0.373 e. The van der Waals surface area contributed by atoms with Gasteiger partial charge in [-0.1, -0.05) is 12.7 Å². The van der Waals surface area contributed by atoms with Crippen molar-refractivity contribution in [1.82, 2.24) is 19.7 Å². The van der Waals surface area contributed by atoms with Gasteiger partial charge in [-0.15, -0.1) is 0 Å². The van der Waals surface area contributed by atoms with Gasteiger partial charge in [-0.2, -0.15) is 5.10 Å². The SMILES string of the molecule is C=Cc1cc(C)cnc1NC.Cc1nn(C)c2[nH]ccc12.[HH].[HH]. The second kappa shape index (κ2) is 6.26. The van der Waals surface area contributed by atoms with Crippen molar-refractivity contribution in [1.29, 1.82) is 0 Å². The van der Waals surface area contributed by atoms with E-state index in [1.54, 1.807) is 6.08 Å². The van der Waals surface area contributed by atoms with Crippen LogP contribution in [0.15, 0.2) is 31.1 Å². The summed E-state index contributed by atoms with van der Waals surface area (Å²) < 4.78 is 1.85. The molecule has 0 bridgehead atoms. The molecular weight excluding hydrogens is 262 g/mol. The second-order valence-electron chi connectivity index (χ2n) is 4.85. The van der Waals surface area contributed by atoms with Crippen molar-refractivity contribution in [3.63, 3.8) is 0 Å². The fourth-order valence-electron chi connectivity index (χ4n) is 2.21. The first-order valence-electron chi connectivity index (χ1n) is 6.80. The van der Waals surface area contributed by atoms with Gasteiger partial charge in [0.15, 0.2) is 0 Å². The van der Waals surface area contributed by atoms with E-state index in [9.17, 15) is 0 Å². The summed E-state index contributed by atoms with van der Waals surface area (Å²) >= 11 is 0. The number of fused-ring (bicyclic) bond motifs is 1. The minimum atomic E-state index is 0. The highest BCUT2D eigenvalue weighted by Crippen LogP contribution is 2.14. The normalized spacial score (nSPS) is 10.1. The van der Waals surface area contributed by atoms with Crippen molar-refractivity contribution in [2.75, 3.05) is 12.4 Å². The third kappa shape index (κ3) is 3.13. The van der Waals surface area contributed by atoms with Gasteiger partial charge in [-0.3, -0.25) is 4.68 Å². The maximum absolute atomic E-state index is 4.24. The Kier molecular flexibility index (Phi) is 4.42. The van der Waals surface area contributed by atoms with Crippen LogP contribution in [0.4, 0.5) is 5.82 Å². The lowest BCUT2D eigenvalue weighted by Gasteiger charge is -2.03. The number of hydrogen-bond donors (Lipinski definition) is 2. The Hall–Kier alpha value is -2.56. The van der Waals surface area contributed by atoms with E-state index >= 15 is 0 Å². The Morgan fingerprint density at radius 2 is 2.19 bits per heavy atom. The van der Waals surface area contributed by atoms with Gasteiger partial charge in [-0.25, -0.2) is 4.98 Å². The lowest BCUT2D eigenvalue weighted by molar-refractivity contribution is 0.774. The zero-order valence-corrected chi connectivity index (χ0v) is 12.9. The van der Waals surface area contributed by atoms with Crippen LogP contribution in [-0.4, -0.2) is 26.8 Å². The first-order chi connectivity index (χ1) is 10.1. The molecule has 114 valence electrons. The quantitative estimate of drug-likeness (QED) is 0.754. The fourth-order valence-corrected chi connectivity index (χ4v) is 2.21. The first-order valence-corrected chi connectivity index (χ1v) is 6.80. The minimum Gasteiger partial charge on any atom is -0.373 e. The fraction of sp³-hybridized carbons (Fsp3) is 0.250. The molecule has 3 heterocycles. The van der Waals surface area contributed by atoms with E-state index in [2.05, 4.69) is 27.0 Å². The van der Waals surface area contributed by atoms with Crippen LogP contribution in [0.1, 0.15) is 19.7 Å². The number of nitrogens with zero attached hydrogens (tertiary/aromatic N) is 3. The number of aromatic nitrogens is 4. The van der Waals surface area contributed by atoms with E-state index in [4.69, 9.17) is 0 Å². The molecule has 21 heavy (non-hydrogen) atoms. The van der Waals surface area contributed by atoms with Crippen molar-refractivity contribution in [3.8, 4) is 0 Å². The van der Waals surface area contributed by atoms with Crippen molar-refractivity contribution in [2.24, 2.45) is 7.05 Å². The summed E-state index contributed by atoms with van der Waals surface area (Å²) in [6, 6.07) is 4.09. The highest BCUT2D eigenvalue weighted by molar-refractivity contribution is 5.78. The molecule has 0 fully saturated rings. The van der Waals surface area contributed by atoms with Crippen LogP contribution < -0.4 is 5.32 Å².